The number of carbonyl (C=O) groups is 1. The Kier molecular flexibility index (Phi) is 2.90. The van der Waals surface area contributed by atoms with Crippen LogP contribution in [0.4, 0.5) is 0 Å². The molecule has 3 rings (SSSR count). The number of fused-ring (bicyclic) bond motifs is 1. The minimum absolute atomic E-state index is 0.593. The summed E-state index contributed by atoms with van der Waals surface area (Å²) in [5.74, 6) is 1.78. The van der Waals surface area contributed by atoms with E-state index >= 15 is 0 Å². The quantitative estimate of drug-likeness (QED) is 0.756. The van der Waals surface area contributed by atoms with Crippen molar-refractivity contribution in [2.75, 3.05) is 0 Å². The Bertz CT molecular complexity index is 579. The van der Waals surface area contributed by atoms with Crippen molar-refractivity contribution < 1.29 is 4.79 Å². The summed E-state index contributed by atoms with van der Waals surface area (Å²) in [7, 11) is 2.08. The smallest absolute Gasteiger partial charge is 0.150 e. The zero-order valence-electron chi connectivity index (χ0n) is 10.7. The van der Waals surface area contributed by atoms with Crippen molar-refractivity contribution in [2.45, 2.75) is 38.0 Å². The predicted molar refractivity (Wildman–Crippen MR) is 71.9 cm³/mol. The highest BCUT2D eigenvalue weighted by Crippen LogP contribution is 2.33. The van der Waals surface area contributed by atoms with Gasteiger partial charge < -0.3 is 4.57 Å². The molecule has 0 radical (unpaired) electrons. The molecule has 0 bridgehead atoms. The van der Waals surface area contributed by atoms with E-state index in [4.69, 9.17) is 4.98 Å². The maximum atomic E-state index is 10.8. The highest BCUT2D eigenvalue weighted by molar-refractivity contribution is 5.85. The van der Waals surface area contributed by atoms with Crippen molar-refractivity contribution >= 4 is 17.3 Å². The first kappa shape index (κ1) is 11.5. The molecule has 1 aliphatic carbocycles. The van der Waals surface area contributed by atoms with Crippen molar-refractivity contribution in [3.05, 3.63) is 29.6 Å². The van der Waals surface area contributed by atoms with E-state index in [-0.39, 0.29) is 0 Å². The lowest BCUT2D eigenvalue weighted by molar-refractivity contribution is 0.112. The molecule has 1 aromatic heterocycles. The monoisotopic (exact) mass is 242 g/mol. The van der Waals surface area contributed by atoms with Crippen LogP contribution in [0.2, 0.25) is 0 Å². The van der Waals surface area contributed by atoms with Crippen molar-refractivity contribution in [3.63, 3.8) is 0 Å². The minimum atomic E-state index is 0.593. The molecular formula is C15H18N2O. The average molecular weight is 242 g/mol. The number of nitrogens with zero attached hydrogens (tertiary/aromatic N) is 2. The maximum Gasteiger partial charge on any atom is 0.150 e. The fourth-order valence-electron chi connectivity index (χ4n) is 3.03. The van der Waals surface area contributed by atoms with Gasteiger partial charge in [-0.1, -0.05) is 19.3 Å². The van der Waals surface area contributed by atoms with E-state index in [0.29, 0.717) is 11.5 Å². The second-order valence-corrected chi connectivity index (χ2v) is 5.23. The fraction of sp³-hybridized carbons (Fsp3) is 0.467. The van der Waals surface area contributed by atoms with Gasteiger partial charge in [0.1, 0.15) is 12.1 Å². The molecule has 1 aliphatic rings. The molecule has 0 unspecified atom stereocenters. The molecular weight excluding hydrogens is 224 g/mol. The number of benzene rings is 1. The van der Waals surface area contributed by atoms with Gasteiger partial charge in [-0.3, -0.25) is 4.79 Å². The van der Waals surface area contributed by atoms with E-state index < -0.39 is 0 Å². The Balaban J connectivity index is 2.06. The molecule has 3 heteroatoms. The molecule has 0 atom stereocenters. The molecule has 18 heavy (non-hydrogen) atoms. The largest absolute Gasteiger partial charge is 0.331 e. The molecule has 0 aliphatic heterocycles. The second-order valence-electron chi connectivity index (χ2n) is 5.23. The number of aromatic nitrogens is 2. The molecule has 1 aromatic carbocycles. The lowest BCUT2D eigenvalue weighted by Crippen LogP contribution is -2.09. The zero-order chi connectivity index (χ0) is 12.5. The van der Waals surface area contributed by atoms with Crippen molar-refractivity contribution in [3.8, 4) is 0 Å². The first-order chi connectivity index (χ1) is 8.79. The summed E-state index contributed by atoms with van der Waals surface area (Å²) < 4.78 is 2.19. The minimum Gasteiger partial charge on any atom is -0.331 e. The molecule has 2 aromatic rings. The summed E-state index contributed by atoms with van der Waals surface area (Å²) in [6, 6.07) is 5.74. The summed E-state index contributed by atoms with van der Waals surface area (Å²) in [6.07, 6.45) is 7.36. The Labute approximate surface area is 107 Å². The Hall–Kier alpha value is -1.64. The van der Waals surface area contributed by atoms with E-state index in [1.165, 1.54) is 37.9 Å². The predicted octanol–water partition coefficient (Wildman–Crippen LogP) is 3.43. The lowest BCUT2D eigenvalue weighted by atomic mass is 9.89. The van der Waals surface area contributed by atoms with Crippen LogP contribution < -0.4 is 0 Å². The average Bonchev–Trinajstić information content (AvgIpc) is 2.76. The number of aldehydes is 1. The second kappa shape index (κ2) is 4.56. The Morgan fingerprint density at radius 2 is 2.06 bits per heavy atom. The highest BCUT2D eigenvalue weighted by Gasteiger charge is 2.20. The highest BCUT2D eigenvalue weighted by atomic mass is 16.1. The van der Waals surface area contributed by atoms with Crippen LogP contribution in [0.5, 0.6) is 0 Å². The summed E-state index contributed by atoms with van der Waals surface area (Å²) in [5.41, 5.74) is 2.78. The third-order valence-corrected chi connectivity index (χ3v) is 4.05. The molecule has 0 amide bonds. The first-order valence-corrected chi connectivity index (χ1v) is 6.71. The topological polar surface area (TPSA) is 34.9 Å². The summed E-state index contributed by atoms with van der Waals surface area (Å²) in [4.78, 5) is 15.6. The normalized spacial score (nSPS) is 17.2. The molecule has 1 heterocycles. The van der Waals surface area contributed by atoms with Crippen LogP contribution >= 0.6 is 0 Å². The van der Waals surface area contributed by atoms with Gasteiger partial charge in [-0.05, 0) is 31.0 Å². The van der Waals surface area contributed by atoms with Gasteiger partial charge in [-0.25, -0.2) is 4.98 Å². The van der Waals surface area contributed by atoms with E-state index in [1.807, 2.05) is 18.2 Å². The standard InChI is InChI=1S/C15H18N2O/c1-17-14-8-7-11(10-18)9-13(14)16-15(17)12-5-3-2-4-6-12/h7-10,12H,2-6H2,1H3. The first-order valence-electron chi connectivity index (χ1n) is 6.71. The molecule has 0 saturated heterocycles. The Morgan fingerprint density at radius 3 is 2.78 bits per heavy atom. The van der Waals surface area contributed by atoms with Crippen LogP contribution in [-0.4, -0.2) is 15.8 Å². The van der Waals surface area contributed by atoms with Gasteiger partial charge in [0.05, 0.1) is 11.0 Å². The van der Waals surface area contributed by atoms with Gasteiger partial charge in [-0.2, -0.15) is 0 Å². The van der Waals surface area contributed by atoms with Crippen LogP contribution in [-0.2, 0) is 7.05 Å². The van der Waals surface area contributed by atoms with Gasteiger partial charge in [0.2, 0.25) is 0 Å². The fourth-order valence-corrected chi connectivity index (χ4v) is 3.03. The molecule has 0 spiro atoms. The summed E-state index contributed by atoms with van der Waals surface area (Å²) in [6.45, 7) is 0. The van der Waals surface area contributed by atoms with Gasteiger partial charge in [0.15, 0.2) is 0 Å². The molecule has 1 saturated carbocycles. The van der Waals surface area contributed by atoms with Crippen LogP contribution in [0.3, 0.4) is 0 Å². The van der Waals surface area contributed by atoms with Crippen LogP contribution in [0.15, 0.2) is 18.2 Å². The number of hydrogen-bond acceptors (Lipinski definition) is 2. The van der Waals surface area contributed by atoms with Crippen LogP contribution in [0, 0.1) is 0 Å². The van der Waals surface area contributed by atoms with Crippen LogP contribution in [0.25, 0.3) is 11.0 Å². The molecule has 0 N–H and O–H groups in total. The number of hydrogen-bond donors (Lipinski definition) is 0. The SMILES string of the molecule is Cn1c(C2CCCCC2)nc2cc(C=O)ccc21. The van der Waals surface area contributed by atoms with Gasteiger partial charge in [0.25, 0.3) is 0 Å². The van der Waals surface area contributed by atoms with E-state index in [9.17, 15) is 4.79 Å². The summed E-state index contributed by atoms with van der Waals surface area (Å²) >= 11 is 0. The van der Waals surface area contributed by atoms with E-state index in [1.54, 1.807) is 0 Å². The third-order valence-electron chi connectivity index (χ3n) is 4.05. The lowest BCUT2D eigenvalue weighted by Gasteiger charge is -2.20. The molecule has 1 fully saturated rings. The van der Waals surface area contributed by atoms with E-state index in [0.717, 1.165) is 17.3 Å². The van der Waals surface area contributed by atoms with Crippen LogP contribution in [0.1, 0.15) is 54.2 Å². The number of carbonyl (C=O) groups excluding carboxylic acids is 1. The number of aryl methyl sites for hydroxylation is 1. The number of imidazole rings is 1. The van der Waals surface area contributed by atoms with Crippen molar-refractivity contribution in [1.82, 2.24) is 9.55 Å². The molecule has 94 valence electrons. The third kappa shape index (κ3) is 1.84. The van der Waals surface area contributed by atoms with Crippen molar-refractivity contribution in [1.29, 1.82) is 0 Å². The van der Waals surface area contributed by atoms with Gasteiger partial charge in [-0.15, -0.1) is 0 Å². The number of rotatable bonds is 2. The summed E-state index contributed by atoms with van der Waals surface area (Å²) in [5, 5.41) is 0. The van der Waals surface area contributed by atoms with Gasteiger partial charge in [0, 0.05) is 18.5 Å². The van der Waals surface area contributed by atoms with Gasteiger partial charge >= 0.3 is 0 Å². The Morgan fingerprint density at radius 1 is 1.28 bits per heavy atom. The molecule has 3 nitrogen and oxygen atoms in total. The van der Waals surface area contributed by atoms with E-state index in [2.05, 4.69) is 11.6 Å². The zero-order valence-corrected chi connectivity index (χ0v) is 10.7. The van der Waals surface area contributed by atoms with Crippen molar-refractivity contribution in [2.24, 2.45) is 7.05 Å². The maximum absolute atomic E-state index is 10.8.